The quantitative estimate of drug-likeness (QED) is 0.778. The summed E-state index contributed by atoms with van der Waals surface area (Å²) in [5.74, 6) is -0.590. The number of alkyl halides is 3. The van der Waals surface area contributed by atoms with Crippen LogP contribution >= 0.6 is 0 Å². The van der Waals surface area contributed by atoms with E-state index in [9.17, 15) is 18.0 Å². The van der Waals surface area contributed by atoms with Crippen LogP contribution in [-0.4, -0.2) is 28.8 Å². The summed E-state index contributed by atoms with van der Waals surface area (Å²) in [7, 11) is 0. The molecule has 0 saturated carbocycles. The molecule has 0 aliphatic heterocycles. The van der Waals surface area contributed by atoms with Crippen LogP contribution in [0.5, 0.6) is 0 Å². The normalized spacial score (nSPS) is 13.6. The van der Waals surface area contributed by atoms with Gasteiger partial charge in [0.15, 0.2) is 11.9 Å². The minimum atomic E-state index is -4.73. The average molecular weight is 234 g/mol. The molecule has 1 unspecified atom stereocenters. The Morgan fingerprint density at radius 1 is 1.25 bits per heavy atom. The topological polar surface area (TPSA) is 57.5 Å². The zero-order valence-corrected chi connectivity index (χ0v) is 8.03. The zero-order valence-electron chi connectivity index (χ0n) is 8.03. The van der Waals surface area contributed by atoms with Crippen LogP contribution in [0, 0.1) is 0 Å². The van der Waals surface area contributed by atoms with Gasteiger partial charge in [-0.3, -0.25) is 4.79 Å². The third-order valence-electron chi connectivity index (χ3n) is 2.00. The highest BCUT2D eigenvalue weighted by Crippen LogP contribution is 2.32. The molecule has 0 aliphatic carbocycles. The minimum Gasteiger partial charge on any atom is -0.388 e. The number of halogens is 3. The molecule has 0 spiro atoms. The van der Waals surface area contributed by atoms with E-state index >= 15 is 0 Å². The van der Waals surface area contributed by atoms with Crippen molar-refractivity contribution < 1.29 is 28.2 Å². The summed E-state index contributed by atoms with van der Waals surface area (Å²) >= 11 is 0. The maximum Gasteiger partial charge on any atom is 0.418 e. The molecular weight excluding hydrogens is 225 g/mol. The van der Waals surface area contributed by atoms with Crippen LogP contribution < -0.4 is 0 Å². The first-order valence-electron chi connectivity index (χ1n) is 4.35. The van der Waals surface area contributed by atoms with Crippen LogP contribution in [0.2, 0.25) is 0 Å². The van der Waals surface area contributed by atoms with Crippen LogP contribution in [0.3, 0.4) is 0 Å². The van der Waals surface area contributed by atoms with Crippen molar-refractivity contribution in [3.8, 4) is 0 Å². The lowest BCUT2D eigenvalue weighted by molar-refractivity contribution is -0.206. The smallest absolute Gasteiger partial charge is 0.388 e. The van der Waals surface area contributed by atoms with Gasteiger partial charge < -0.3 is 10.2 Å². The Morgan fingerprint density at radius 3 is 2.12 bits per heavy atom. The van der Waals surface area contributed by atoms with Crippen LogP contribution in [0.4, 0.5) is 13.2 Å². The first-order chi connectivity index (χ1) is 7.36. The Kier molecular flexibility index (Phi) is 3.66. The Bertz CT molecular complexity index is 370. The number of rotatable bonds is 3. The molecule has 0 radical (unpaired) electrons. The molecule has 1 rings (SSSR count). The van der Waals surface area contributed by atoms with E-state index in [1.54, 1.807) is 0 Å². The van der Waals surface area contributed by atoms with Gasteiger partial charge in [0.05, 0.1) is 0 Å². The molecule has 0 aromatic heterocycles. The van der Waals surface area contributed by atoms with Crippen molar-refractivity contribution in [2.24, 2.45) is 0 Å². The highest BCUT2D eigenvalue weighted by Gasteiger charge is 2.39. The summed E-state index contributed by atoms with van der Waals surface area (Å²) in [4.78, 5) is 11.0. The van der Waals surface area contributed by atoms with Crippen molar-refractivity contribution in [2.75, 3.05) is 6.61 Å². The highest BCUT2D eigenvalue weighted by atomic mass is 19.4. The van der Waals surface area contributed by atoms with E-state index in [1.807, 2.05) is 0 Å². The predicted octanol–water partition coefficient (Wildman–Crippen LogP) is 1.46. The number of aliphatic hydroxyl groups excluding tert-OH is 2. The lowest BCUT2D eigenvalue weighted by Crippen LogP contribution is -2.20. The number of carbonyl (C=O) groups excluding carboxylic acids is 1. The van der Waals surface area contributed by atoms with Gasteiger partial charge in [-0.25, -0.2) is 0 Å². The van der Waals surface area contributed by atoms with Crippen LogP contribution in [0.15, 0.2) is 24.3 Å². The molecule has 1 aromatic rings. The molecule has 6 heteroatoms. The van der Waals surface area contributed by atoms with E-state index in [2.05, 4.69) is 0 Å². The second-order valence-corrected chi connectivity index (χ2v) is 3.15. The van der Waals surface area contributed by atoms with Gasteiger partial charge in [-0.05, 0) is 5.56 Å². The van der Waals surface area contributed by atoms with E-state index in [0.717, 1.165) is 24.3 Å². The molecule has 0 amide bonds. The molecule has 1 aromatic carbocycles. The Balaban J connectivity index is 2.91. The predicted molar refractivity (Wildman–Crippen MR) is 48.9 cm³/mol. The van der Waals surface area contributed by atoms with E-state index in [-0.39, 0.29) is 11.1 Å². The number of benzene rings is 1. The summed E-state index contributed by atoms with van der Waals surface area (Å²) in [6.07, 6.45) is -7.30. The van der Waals surface area contributed by atoms with Crippen LogP contribution in [0.25, 0.3) is 0 Å². The van der Waals surface area contributed by atoms with Crippen LogP contribution in [0.1, 0.15) is 22.0 Å². The third-order valence-corrected chi connectivity index (χ3v) is 2.00. The number of hydrogen-bond acceptors (Lipinski definition) is 3. The second-order valence-electron chi connectivity index (χ2n) is 3.15. The average Bonchev–Trinajstić information content (AvgIpc) is 2.26. The number of Topliss-reactive ketones (excluding diaryl/α,β-unsaturated/α-hetero) is 1. The molecular formula is C10H9F3O3. The standard InChI is InChI=1S/C10H9F3O3/c11-10(12,13)9(16)7-3-1-6(2-4-7)8(15)5-14/h1-4,9,14,16H,5H2. The molecule has 2 N–H and O–H groups in total. The fourth-order valence-electron chi connectivity index (χ4n) is 1.13. The molecule has 0 fully saturated rings. The molecule has 0 saturated heterocycles. The monoisotopic (exact) mass is 234 g/mol. The van der Waals surface area contributed by atoms with E-state index in [0.29, 0.717) is 0 Å². The maximum atomic E-state index is 12.1. The van der Waals surface area contributed by atoms with E-state index in [1.165, 1.54) is 0 Å². The molecule has 0 aliphatic rings. The Morgan fingerprint density at radius 2 is 1.75 bits per heavy atom. The van der Waals surface area contributed by atoms with Gasteiger partial charge in [0.25, 0.3) is 0 Å². The largest absolute Gasteiger partial charge is 0.418 e. The highest BCUT2D eigenvalue weighted by molar-refractivity contribution is 5.96. The zero-order chi connectivity index (χ0) is 12.3. The lowest BCUT2D eigenvalue weighted by Gasteiger charge is -2.14. The molecule has 16 heavy (non-hydrogen) atoms. The molecule has 0 heterocycles. The van der Waals surface area contributed by atoms with Crippen molar-refractivity contribution in [1.82, 2.24) is 0 Å². The Hall–Kier alpha value is -1.40. The summed E-state index contributed by atoms with van der Waals surface area (Å²) in [5, 5.41) is 17.4. The SMILES string of the molecule is O=C(CO)c1ccc(C(O)C(F)(F)F)cc1. The first-order valence-corrected chi connectivity index (χ1v) is 4.35. The molecule has 88 valence electrons. The number of carbonyl (C=O) groups is 1. The van der Waals surface area contributed by atoms with Crippen molar-refractivity contribution in [2.45, 2.75) is 12.3 Å². The van der Waals surface area contributed by atoms with Gasteiger partial charge in [0.1, 0.15) is 6.61 Å². The van der Waals surface area contributed by atoms with Gasteiger partial charge in [-0.15, -0.1) is 0 Å². The van der Waals surface area contributed by atoms with Crippen molar-refractivity contribution in [3.05, 3.63) is 35.4 Å². The first kappa shape index (κ1) is 12.7. The van der Waals surface area contributed by atoms with Gasteiger partial charge in [-0.2, -0.15) is 13.2 Å². The summed E-state index contributed by atoms with van der Waals surface area (Å²) < 4.78 is 36.3. The maximum absolute atomic E-state index is 12.1. The van der Waals surface area contributed by atoms with Crippen molar-refractivity contribution in [3.63, 3.8) is 0 Å². The van der Waals surface area contributed by atoms with Gasteiger partial charge in [0.2, 0.25) is 0 Å². The van der Waals surface area contributed by atoms with Gasteiger partial charge >= 0.3 is 6.18 Å². The van der Waals surface area contributed by atoms with E-state index < -0.39 is 24.7 Å². The lowest BCUT2D eigenvalue weighted by atomic mass is 10.0. The Labute approximate surface area is 89.1 Å². The molecule has 1 atom stereocenters. The summed E-state index contributed by atoms with van der Waals surface area (Å²) in [6.45, 7) is -0.707. The van der Waals surface area contributed by atoms with E-state index in [4.69, 9.17) is 10.2 Å². The van der Waals surface area contributed by atoms with Crippen molar-refractivity contribution in [1.29, 1.82) is 0 Å². The number of aliphatic hydroxyl groups is 2. The summed E-state index contributed by atoms with van der Waals surface area (Å²) in [6, 6.07) is 4.26. The molecule has 3 nitrogen and oxygen atoms in total. The van der Waals surface area contributed by atoms with Crippen molar-refractivity contribution >= 4 is 5.78 Å². The fourth-order valence-corrected chi connectivity index (χ4v) is 1.13. The third kappa shape index (κ3) is 2.80. The van der Waals surface area contributed by atoms with Gasteiger partial charge in [0, 0.05) is 5.56 Å². The van der Waals surface area contributed by atoms with Crippen LogP contribution in [-0.2, 0) is 0 Å². The summed E-state index contributed by atoms with van der Waals surface area (Å²) in [5.41, 5.74) is -0.248. The minimum absolute atomic E-state index is 0.0978. The second kappa shape index (κ2) is 4.63. The van der Waals surface area contributed by atoms with Gasteiger partial charge in [-0.1, -0.05) is 24.3 Å². The number of ketones is 1. The fraction of sp³-hybridized carbons (Fsp3) is 0.300. The number of hydrogen-bond donors (Lipinski definition) is 2. The molecule has 0 bridgehead atoms.